The molecule has 0 radical (unpaired) electrons. The van der Waals surface area contributed by atoms with Gasteiger partial charge in [0.05, 0.1) is 41.9 Å². The highest BCUT2D eigenvalue weighted by atomic mass is 35.5. The van der Waals surface area contributed by atoms with Crippen LogP contribution in [0.4, 0.5) is 5.82 Å². The summed E-state index contributed by atoms with van der Waals surface area (Å²) in [6.45, 7) is 0.254. The fourth-order valence-electron chi connectivity index (χ4n) is 3.21. The standard InChI is InChI=1S/C22H16ClN7O4/c1-25-20-19(22(32)33)29-17(10-27-20)14-6-12(23)2-3-18(14)34-5-4-30-11-28-16-9-26-13(8-24)7-15(16)21(30)31/h2-3,6-7,9-11H,4-5H2,1H3,(H,25,27)(H,32,33). The second-order valence-electron chi connectivity index (χ2n) is 6.94. The predicted octanol–water partition coefficient (Wildman–Crippen LogP) is 2.59. The Morgan fingerprint density at radius 1 is 1.26 bits per heavy atom. The first kappa shape index (κ1) is 22.6. The molecule has 12 heteroatoms. The van der Waals surface area contributed by atoms with Crippen LogP contribution in [0.2, 0.25) is 5.02 Å². The number of carboxylic acids is 1. The van der Waals surface area contributed by atoms with Gasteiger partial charge >= 0.3 is 5.97 Å². The van der Waals surface area contributed by atoms with Gasteiger partial charge in [-0.15, -0.1) is 0 Å². The van der Waals surface area contributed by atoms with Crippen LogP contribution in [0.5, 0.6) is 5.75 Å². The average molecular weight is 478 g/mol. The number of benzene rings is 1. The maximum Gasteiger partial charge on any atom is 0.358 e. The highest BCUT2D eigenvalue weighted by molar-refractivity contribution is 6.31. The molecule has 4 aromatic rings. The number of carboxylic acid groups (broad SMARTS) is 1. The zero-order valence-electron chi connectivity index (χ0n) is 17.7. The van der Waals surface area contributed by atoms with Crippen LogP contribution in [0.3, 0.4) is 0 Å². The van der Waals surface area contributed by atoms with Gasteiger partial charge in [-0.25, -0.2) is 24.7 Å². The van der Waals surface area contributed by atoms with Crippen molar-refractivity contribution in [1.29, 1.82) is 5.26 Å². The van der Waals surface area contributed by atoms with E-state index in [1.54, 1.807) is 25.2 Å². The third kappa shape index (κ3) is 4.48. The SMILES string of the molecule is CNc1ncc(-c2cc(Cl)ccc2OCCn2cnc3cnc(C#N)cc3c2=O)nc1C(=O)O. The number of hydrogen-bond donors (Lipinski definition) is 2. The van der Waals surface area contributed by atoms with E-state index in [0.29, 0.717) is 21.9 Å². The summed E-state index contributed by atoms with van der Waals surface area (Å²) in [5.41, 5.74) is 0.638. The molecule has 0 aliphatic heterocycles. The Hall–Kier alpha value is -4.56. The lowest BCUT2D eigenvalue weighted by Gasteiger charge is -2.13. The number of nitrogens with one attached hydrogen (secondary N) is 1. The van der Waals surface area contributed by atoms with E-state index in [4.69, 9.17) is 21.6 Å². The topological polar surface area (TPSA) is 156 Å². The fourth-order valence-corrected chi connectivity index (χ4v) is 3.39. The molecule has 0 saturated carbocycles. The van der Waals surface area contributed by atoms with E-state index in [-0.39, 0.29) is 47.0 Å². The van der Waals surface area contributed by atoms with E-state index in [1.165, 1.54) is 29.4 Å². The number of rotatable bonds is 7. The molecule has 4 rings (SSSR count). The van der Waals surface area contributed by atoms with E-state index in [1.807, 2.05) is 6.07 Å². The third-order valence-electron chi connectivity index (χ3n) is 4.84. The Morgan fingerprint density at radius 3 is 2.82 bits per heavy atom. The summed E-state index contributed by atoms with van der Waals surface area (Å²) in [6.07, 6.45) is 4.17. The Balaban J connectivity index is 1.60. The molecule has 34 heavy (non-hydrogen) atoms. The molecule has 0 bridgehead atoms. The van der Waals surface area contributed by atoms with Gasteiger partial charge in [-0.3, -0.25) is 9.36 Å². The molecule has 3 heterocycles. The maximum atomic E-state index is 12.8. The molecule has 1 aromatic carbocycles. The van der Waals surface area contributed by atoms with Crippen molar-refractivity contribution < 1.29 is 14.6 Å². The Bertz CT molecular complexity index is 1510. The summed E-state index contributed by atoms with van der Waals surface area (Å²) >= 11 is 6.14. The number of nitriles is 1. The van der Waals surface area contributed by atoms with Gasteiger partial charge in [0.15, 0.2) is 11.5 Å². The minimum Gasteiger partial charge on any atom is -0.491 e. The molecule has 3 aromatic heterocycles. The Kier molecular flexibility index (Phi) is 6.33. The van der Waals surface area contributed by atoms with Crippen molar-refractivity contribution in [3.05, 3.63) is 69.8 Å². The highest BCUT2D eigenvalue weighted by Gasteiger charge is 2.17. The number of aromatic carboxylic acids is 1. The summed E-state index contributed by atoms with van der Waals surface area (Å²) in [4.78, 5) is 40.7. The van der Waals surface area contributed by atoms with Crippen LogP contribution in [0.15, 0.2) is 47.8 Å². The second-order valence-corrected chi connectivity index (χ2v) is 7.37. The molecule has 0 aliphatic rings. The van der Waals surface area contributed by atoms with Gasteiger partial charge < -0.3 is 15.2 Å². The van der Waals surface area contributed by atoms with Crippen LogP contribution in [-0.4, -0.2) is 49.2 Å². The van der Waals surface area contributed by atoms with Crippen molar-refractivity contribution >= 4 is 34.3 Å². The summed E-state index contributed by atoms with van der Waals surface area (Å²) in [5.74, 6) is -0.732. The number of halogens is 1. The number of fused-ring (bicyclic) bond motifs is 1. The number of aromatic nitrogens is 5. The van der Waals surface area contributed by atoms with Gasteiger partial charge in [-0.05, 0) is 24.3 Å². The molecule has 11 nitrogen and oxygen atoms in total. The Labute approximate surface area is 197 Å². The van der Waals surface area contributed by atoms with Crippen molar-refractivity contribution in [1.82, 2.24) is 24.5 Å². The van der Waals surface area contributed by atoms with Crippen LogP contribution in [0.1, 0.15) is 16.2 Å². The lowest BCUT2D eigenvalue weighted by Crippen LogP contribution is -2.23. The van der Waals surface area contributed by atoms with Crippen LogP contribution < -0.4 is 15.6 Å². The lowest BCUT2D eigenvalue weighted by molar-refractivity contribution is 0.0691. The van der Waals surface area contributed by atoms with Crippen molar-refractivity contribution in [2.24, 2.45) is 0 Å². The van der Waals surface area contributed by atoms with Crippen molar-refractivity contribution in [3.63, 3.8) is 0 Å². The van der Waals surface area contributed by atoms with Gasteiger partial charge in [0.1, 0.15) is 24.1 Å². The normalized spacial score (nSPS) is 10.6. The number of ether oxygens (including phenoxy) is 1. The minimum absolute atomic E-state index is 0.0890. The van der Waals surface area contributed by atoms with Crippen molar-refractivity contribution in [2.75, 3.05) is 19.0 Å². The van der Waals surface area contributed by atoms with Crippen LogP contribution >= 0.6 is 11.6 Å². The number of pyridine rings is 1. The molecular formula is C22H16ClN7O4. The molecule has 0 aliphatic carbocycles. The van der Waals surface area contributed by atoms with E-state index >= 15 is 0 Å². The monoisotopic (exact) mass is 477 g/mol. The molecule has 2 N–H and O–H groups in total. The number of anilines is 1. The van der Waals surface area contributed by atoms with Crippen LogP contribution in [-0.2, 0) is 6.54 Å². The molecule has 0 spiro atoms. The molecule has 0 atom stereocenters. The molecular weight excluding hydrogens is 462 g/mol. The first-order valence-electron chi connectivity index (χ1n) is 9.87. The summed E-state index contributed by atoms with van der Waals surface area (Å²) in [7, 11) is 1.55. The van der Waals surface area contributed by atoms with Crippen LogP contribution in [0.25, 0.3) is 22.2 Å². The average Bonchev–Trinajstić information content (AvgIpc) is 2.85. The van der Waals surface area contributed by atoms with Gasteiger partial charge in [-0.2, -0.15) is 5.26 Å². The first-order valence-corrected chi connectivity index (χ1v) is 10.2. The zero-order valence-corrected chi connectivity index (χ0v) is 18.4. The maximum absolute atomic E-state index is 12.8. The molecule has 170 valence electrons. The molecule has 0 saturated heterocycles. The van der Waals surface area contributed by atoms with E-state index < -0.39 is 5.97 Å². The summed E-state index contributed by atoms with van der Waals surface area (Å²) in [6, 6.07) is 8.13. The largest absolute Gasteiger partial charge is 0.491 e. The number of nitrogens with zero attached hydrogens (tertiary/aromatic N) is 6. The van der Waals surface area contributed by atoms with E-state index in [0.717, 1.165) is 0 Å². The number of hydrogen-bond acceptors (Lipinski definition) is 9. The second kappa shape index (κ2) is 9.51. The third-order valence-corrected chi connectivity index (χ3v) is 5.08. The molecule has 0 fully saturated rings. The summed E-state index contributed by atoms with van der Waals surface area (Å²) < 4.78 is 7.24. The first-order chi connectivity index (χ1) is 16.4. The van der Waals surface area contributed by atoms with Crippen molar-refractivity contribution in [2.45, 2.75) is 6.54 Å². The van der Waals surface area contributed by atoms with Gasteiger partial charge in [0.25, 0.3) is 5.56 Å². The smallest absolute Gasteiger partial charge is 0.358 e. The van der Waals surface area contributed by atoms with Crippen LogP contribution in [0, 0.1) is 11.3 Å². The lowest BCUT2D eigenvalue weighted by atomic mass is 10.1. The van der Waals surface area contributed by atoms with E-state index in [9.17, 15) is 14.7 Å². The number of carbonyl (C=O) groups is 1. The molecule has 0 amide bonds. The quantitative estimate of drug-likeness (QED) is 0.405. The fraction of sp³-hybridized carbons (Fsp3) is 0.136. The Morgan fingerprint density at radius 2 is 2.09 bits per heavy atom. The zero-order chi connectivity index (χ0) is 24.2. The van der Waals surface area contributed by atoms with E-state index in [2.05, 4.69) is 25.3 Å². The summed E-state index contributed by atoms with van der Waals surface area (Å²) in [5, 5.41) is 21.8. The van der Waals surface area contributed by atoms with Gasteiger partial charge in [-0.1, -0.05) is 11.6 Å². The van der Waals surface area contributed by atoms with Gasteiger partial charge in [0, 0.05) is 17.6 Å². The molecule has 0 unspecified atom stereocenters. The van der Waals surface area contributed by atoms with Gasteiger partial charge in [0.2, 0.25) is 0 Å². The minimum atomic E-state index is -1.24. The van der Waals surface area contributed by atoms with Crippen molar-refractivity contribution in [3.8, 4) is 23.1 Å². The highest BCUT2D eigenvalue weighted by Crippen LogP contribution is 2.32. The predicted molar refractivity (Wildman–Crippen MR) is 123 cm³/mol.